The molecule has 3 heterocycles. The van der Waals surface area contributed by atoms with Gasteiger partial charge in [-0.3, -0.25) is 14.7 Å². The molecule has 0 saturated carbocycles. The summed E-state index contributed by atoms with van der Waals surface area (Å²) in [6, 6.07) is 6.06. The van der Waals surface area contributed by atoms with Gasteiger partial charge in [0.15, 0.2) is 5.96 Å². The Hall–Kier alpha value is -2.33. The summed E-state index contributed by atoms with van der Waals surface area (Å²) in [7, 11) is 1.63. The van der Waals surface area contributed by atoms with E-state index in [2.05, 4.69) is 16.0 Å². The van der Waals surface area contributed by atoms with Crippen LogP contribution in [0, 0.1) is 11.3 Å². The zero-order valence-electron chi connectivity index (χ0n) is 13.0. The van der Waals surface area contributed by atoms with Crippen LogP contribution in [0.3, 0.4) is 0 Å². The summed E-state index contributed by atoms with van der Waals surface area (Å²) >= 11 is 1.52. The highest BCUT2D eigenvalue weighted by atomic mass is 32.2. The second kappa shape index (κ2) is 5.70. The summed E-state index contributed by atoms with van der Waals surface area (Å²) in [6.07, 6.45) is 4.74. The van der Waals surface area contributed by atoms with Gasteiger partial charge in [-0.15, -0.1) is 11.8 Å². The lowest BCUT2D eigenvalue weighted by atomic mass is 9.88. The number of aromatic nitrogens is 1. The minimum atomic E-state index is -0.691. The van der Waals surface area contributed by atoms with Crippen LogP contribution in [0.4, 0.5) is 0 Å². The van der Waals surface area contributed by atoms with Gasteiger partial charge in [0.1, 0.15) is 0 Å². The Labute approximate surface area is 139 Å². The molecule has 3 rings (SSSR count). The van der Waals surface area contributed by atoms with E-state index >= 15 is 0 Å². The maximum absolute atomic E-state index is 12.1. The topological polar surface area (TPSA) is 95.4 Å². The minimum Gasteiger partial charge on any atom is -0.369 e. The Morgan fingerprint density at radius 1 is 1.57 bits per heavy atom. The lowest BCUT2D eigenvalue weighted by Gasteiger charge is -2.33. The van der Waals surface area contributed by atoms with Crippen LogP contribution in [0.5, 0.6) is 0 Å². The number of amides is 1. The molecule has 0 fully saturated rings. The van der Waals surface area contributed by atoms with Crippen molar-refractivity contribution < 1.29 is 4.79 Å². The fraction of sp³-hybridized carbons (Fsp3) is 0.375. The fourth-order valence-corrected chi connectivity index (χ4v) is 3.66. The van der Waals surface area contributed by atoms with E-state index in [1.165, 1.54) is 16.7 Å². The summed E-state index contributed by atoms with van der Waals surface area (Å²) in [5.41, 5.74) is 6.88. The van der Waals surface area contributed by atoms with Crippen molar-refractivity contribution >= 4 is 28.5 Å². The molecule has 1 aromatic heterocycles. The Morgan fingerprint density at radius 3 is 3.00 bits per heavy atom. The van der Waals surface area contributed by atoms with Crippen LogP contribution in [-0.2, 0) is 10.3 Å². The van der Waals surface area contributed by atoms with Crippen molar-refractivity contribution in [3.63, 3.8) is 0 Å². The number of allylic oxidation sites excluding steroid dienone is 1. The molecule has 2 N–H and O–H groups in total. The van der Waals surface area contributed by atoms with Crippen molar-refractivity contribution in [3.05, 3.63) is 35.7 Å². The number of hydrogen-bond acceptors (Lipinski definition) is 6. The van der Waals surface area contributed by atoms with Gasteiger partial charge in [0, 0.05) is 18.1 Å². The van der Waals surface area contributed by atoms with Crippen LogP contribution in [0.25, 0.3) is 4.91 Å². The lowest BCUT2D eigenvalue weighted by Crippen LogP contribution is -2.47. The Kier molecular flexibility index (Phi) is 3.86. The SMILES string of the molecule is CN1C(=O)C[C@@](C)(c2ccnc(C3=CCC(C#N)S3)c2)N=C1N. The second-order valence-electron chi connectivity index (χ2n) is 5.84. The molecule has 0 bridgehead atoms. The van der Waals surface area contributed by atoms with Gasteiger partial charge in [-0.1, -0.05) is 6.08 Å². The molecular formula is C16H17N5OS. The summed E-state index contributed by atoms with van der Waals surface area (Å²) in [6.45, 7) is 1.90. The van der Waals surface area contributed by atoms with E-state index in [0.717, 1.165) is 22.6 Å². The van der Waals surface area contributed by atoms with Crippen LogP contribution in [0.2, 0.25) is 0 Å². The van der Waals surface area contributed by atoms with Gasteiger partial charge in [-0.05, 0) is 31.0 Å². The minimum absolute atomic E-state index is 0.0513. The molecule has 23 heavy (non-hydrogen) atoms. The molecule has 1 unspecified atom stereocenters. The molecule has 2 aliphatic heterocycles. The first-order chi connectivity index (χ1) is 10.9. The third-order valence-electron chi connectivity index (χ3n) is 4.14. The monoisotopic (exact) mass is 327 g/mol. The number of thioether (sulfide) groups is 1. The van der Waals surface area contributed by atoms with E-state index in [1.54, 1.807) is 13.2 Å². The van der Waals surface area contributed by atoms with E-state index in [-0.39, 0.29) is 23.5 Å². The van der Waals surface area contributed by atoms with Gasteiger partial charge in [-0.25, -0.2) is 4.99 Å². The van der Waals surface area contributed by atoms with Crippen LogP contribution in [0.15, 0.2) is 29.4 Å². The Balaban J connectivity index is 1.95. The zero-order chi connectivity index (χ0) is 16.6. The molecule has 0 radical (unpaired) electrons. The fourth-order valence-electron chi connectivity index (χ4n) is 2.68. The van der Waals surface area contributed by atoms with Crippen LogP contribution < -0.4 is 5.73 Å². The average molecular weight is 327 g/mol. The smallest absolute Gasteiger partial charge is 0.231 e. The van der Waals surface area contributed by atoms with E-state index < -0.39 is 5.54 Å². The molecule has 2 aliphatic rings. The summed E-state index contributed by atoms with van der Waals surface area (Å²) in [5.74, 6) is 0.165. The highest BCUT2D eigenvalue weighted by Gasteiger charge is 2.36. The number of nitrogens with two attached hydrogens (primary N) is 1. The zero-order valence-corrected chi connectivity index (χ0v) is 13.8. The maximum Gasteiger partial charge on any atom is 0.231 e. The highest BCUT2D eigenvalue weighted by Crippen LogP contribution is 2.40. The summed E-state index contributed by atoms with van der Waals surface area (Å²) in [5, 5.41) is 8.96. The average Bonchev–Trinajstić information content (AvgIpc) is 3.02. The van der Waals surface area contributed by atoms with Gasteiger partial charge in [0.2, 0.25) is 5.91 Å². The number of carbonyl (C=O) groups is 1. The quantitative estimate of drug-likeness (QED) is 0.894. The van der Waals surface area contributed by atoms with Gasteiger partial charge in [0.05, 0.1) is 29.0 Å². The maximum atomic E-state index is 12.1. The third-order valence-corrected chi connectivity index (χ3v) is 5.35. The van der Waals surface area contributed by atoms with Crippen LogP contribution >= 0.6 is 11.8 Å². The molecule has 1 aromatic rings. The molecule has 6 nitrogen and oxygen atoms in total. The van der Waals surface area contributed by atoms with Crippen molar-refractivity contribution in [1.82, 2.24) is 9.88 Å². The van der Waals surface area contributed by atoms with Gasteiger partial charge >= 0.3 is 0 Å². The largest absolute Gasteiger partial charge is 0.369 e. The van der Waals surface area contributed by atoms with E-state index in [0.29, 0.717) is 0 Å². The number of carbonyl (C=O) groups excluding carboxylic acids is 1. The highest BCUT2D eigenvalue weighted by molar-refractivity contribution is 8.09. The van der Waals surface area contributed by atoms with E-state index in [4.69, 9.17) is 11.0 Å². The second-order valence-corrected chi connectivity index (χ2v) is 7.09. The predicted octanol–water partition coefficient (Wildman–Crippen LogP) is 1.84. The first-order valence-electron chi connectivity index (χ1n) is 7.28. The summed E-state index contributed by atoms with van der Waals surface area (Å²) in [4.78, 5) is 23.4. The number of nitrogens with zero attached hydrogens (tertiary/aromatic N) is 4. The van der Waals surface area contributed by atoms with Gasteiger partial charge < -0.3 is 5.73 Å². The number of pyridine rings is 1. The predicted molar refractivity (Wildman–Crippen MR) is 90.2 cm³/mol. The number of nitriles is 1. The molecule has 0 aromatic carbocycles. The van der Waals surface area contributed by atoms with Gasteiger partial charge in [0.25, 0.3) is 0 Å². The molecule has 0 saturated heterocycles. The number of hydrogen-bond donors (Lipinski definition) is 1. The van der Waals surface area contributed by atoms with Crippen LogP contribution in [0.1, 0.15) is 31.0 Å². The summed E-state index contributed by atoms with van der Waals surface area (Å²) < 4.78 is 0. The molecule has 0 spiro atoms. The van der Waals surface area contributed by atoms with E-state index in [1.807, 2.05) is 25.1 Å². The standard InChI is InChI=1S/C16H17N5OS/c1-16(8-14(22)21(2)15(18)20-16)10-5-6-19-12(7-10)13-4-3-11(9-17)23-13/h4-7,11H,3,8H2,1-2H3,(H2,18,20)/t11?,16-/m0/s1. The normalized spacial score (nSPS) is 27.4. The van der Waals surface area contributed by atoms with E-state index in [9.17, 15) is 4.79 Å². The van der Waals surface area contributed by atoms with Crippen molar-refractivity contribution in [2.45, 2.75) is 30.6 Å². The molecule has 7 heteroatoms. The van der Waals surface area contributed by atoms with Crippen molar-refractivity contribution in [2.24, 2.45) is 10.7 Å². The Morgan fingerprint density at radius 2 is 2.35 bits per heavy atom. The molecule has 118 valence electrons. The van der Waals surface area contributed by atoms with Crippen molar-refractivity contribution in [2.75, 3.05) is 7.05 Å². The number of aliphatic imine (C=N–C) groups is 1. The van der Waals surface area contributed by atoms with Gasteiger partial charge in [-0.2, -0.15) is 5.26 Å². The Bertz CT molecular complexity index is 766. The lowest BCUT2D eigenvalue weighted by molar-refractivity contribution is -0.128. The molecule has 0 aliphatic carbocycles. The molecule has 1 amide bonds. The number of guanidine groups is 1. The number of rotatable bonds is 2. The first-order valence-corrected chi connectivity index (χ1v) is 8.16. The van der Waals surface area contributed by atoms with Crippen molar-refractivity contribution in [1.29, 1.82) is 5.26 Å². The first kappa shape index (κ1) is 15.6. The van der Waals surface area contributed by atoms with Crippen molar-refractivity contribution in [3.8, 4) is 6.07 Å². The van der Waals surface area contributed by atoms with Crippen LogP contribution in [-0.4, -0.2) is 34.0 Å². The molecule has 2 atom stereocenters. The molecular weight excluding hydrogens is 310 g/mol. The third kappa shape index (κ3) is 2.82.